The van der Waals surface area contributed by atoms with E-state index in [0.29, 0.717) is 30.0 Å². The van der Waals surface area contributed by atoms with Crippen molar-refractivity contribution in [1.29, 1.82) is 0 Å². The summed E-state index contributed by atoms with van der Waals surface area (Å²) in [4.78, 5) is 0.231. The maximum atomic E-state index is 12.4. The van der Waals surface area contributed by atoms with Crippen LogP contribution in [0.1, 0.15) is 5.56 Å². The molecular weight excluding hydrogens is 296 g/mol. The van der Waals surface area contributed by atoms with Gasteiger partial charge in [0.2, 0.25) is 0 Å². The monoisotopic (exact) mass is 312 g/mol. The predicted molar refractivity (Wildman–Crippen MR) is 80.9 cm³/mol. The van der Waals surface area contributed by atoms with E-state index < -0.39 is 10.0 Å². The third-order valence-corrected chi connectivity index (χ3v) is 4.91. The number of nitrogens with one attached hydrogen (secondary N) is 1. The molecule has 7 heteroatoms. The zero-order chi connectivity index (χ0) is 14.6. The fourth-order valence-electron chi connectivity index (χ4n) is 1.83. The van der Waals surface area contributed by atoms with E-state index in [2.05, 4.69) is 4.72 Å². The summed E-state index contributed by atoms with van der Waals surface area (Å²) in [6.45, 7) is 0.369. The fourth-order valence-corrected chi connectivity index (χ4v) is 3.79. The Bertz CT molecular complexity index is 667. The van der Waals surface area contributed by atoms with E-state index >= 15 is 0 Å². The van der Waals surface area contributed by atoms with Crippen molar-refractivity contribution in [3.63, 3.8) is 0 Å². The molecule has 1 heterocycles. The van der Waals surface area contributed by atoms with Crippen molar-refractivity contribution in [2.24, 2.45) is 5.73 Å². The number of hydrogen-bond acceptors (Lipinski definition) is 5. The first-order chi connectivity index (χ1) is 9.56. The van der Waals surface area contributed by atoms with E-state index in [1.807, 2.05) is 5.38 Å². The molecule has 0 bridgehead atoms. The molecule has 1 aromatic heterocycles. The lowest BCUT2D eigenvalue weighted by Crippen LogP contribution is -2.16. The Morgan fingerprint density at radius 2 is 2.15 bits per heavy atom. The molecule has 0 unspecified atom stereocenters. The van der Waals surface area contributed by atoms with Crippen LogP contribution in [0.4, 0.5) is 5.69 Å². The summed E-state index contributed by atoms with van der Waals surface area (Å²) in [5, 5.41) is 3.55. The lowest BCUT2D eigenvalue weighted by Gasteiger charge is -2.12. The van der Waals surface area contributed by atoms with Crippen LogP contribution in [0.3, 0.4) is 0 Å². The molecule has 0 saturated carbocycles. The topological polar surface area (TPSA) is 81.4 Å². The van der Waals surface area contributed by atoms with Crippen molar-refractivity contribution in [3.05, 3.63) is 40.6 Å². The maximum absolute atomic E-state index is 12.4. The highest BCUT2D eigenvalue weighted by molar-refractivity contribution is 7.92. The third kappa shape index (κ3) is 3.30. The lowest BCUT2D eigenvalue weighted by molar-refractivity contribution is 0.414. The molecule has 0 atom stereocenters. The summed E-state index contributed by atoms with van der Waals surface area (Å²) in [5.41, 5.74) is 6.75. The fraction of sp³-hybridized carbons (Fsp3) is 0.231. The van der Waals surface area contributed by atoms with Gasteiger partial charge in [0.15, 0.2) is 0 Å². The molecule has 3 N–H and O–H groups in total. The van der Waals surface area contributed by atoms with E-state index in [1.165, 1.54) is 11.3 Å². The number of benzene rings is 1. The lowest BCUT2D eigenvalue weighted by atomic mass is 10.1. The van der Waals surface area contributed by atoms with Crippen LogP contribution in [0.25, 0.3) is 0 Å². The molecule has 0 spiro atoms. The predicted octanol–water partition coefficient (Wildman–Crippen LogP) is 2.06. The number of rotatable bonds is 6. The number of thiophene rings is 1. The van der Waals surface area contributed by atoms with Gasteiger partial charge in [-0.15, -0.1) is 0 Å². The number of nitrogens with two attached hydrogens (primary N) is 1. The molecule has 0 radical (unpaired) electrons. The second kappa shape index (κ2) is 6.25. The number of hydrogen-bond donors (Lipinski definition) is 2. The highest BCUT2D eigenvalue weighted by Gasteiger charge is 2.19. The van der Waals surface area contributed by atoms with E-state index in [0.717, 1.165) is 0 Å². The molecule has 0 aliphatic heterocycles. The van der Waals surface area contributed by atoms with Gasteiger partial charge in [-0.2, -0.15) is 11.3 Å². The van der Waals surface area contributed by atoms with Crippen LogP contribution in [0.5, 0.6) is 5.75 Å². The second-order valence-electron chi connectivity index (χ2n) is 4.13. The van der Waals surface area contributed by atoms with Gasteiger partial charge in [0.05, 0.1) is 17.7 Å². The van der Waals surface area contributed by atoms with Gasteiger partial charge in [-0.25, -0.2) is 8.42 Å². The van der Waals surface area contributed by atoms with Crippen molar-refractivity contribution in [2.75, 3.05) is 18.4 Å². The molecule has 0 aliphatic carbocycles. The Balaban J connectivity index is 2.39. The van der Waals surface area contributed by atoms with Gasteiger partial charge in [-0.05, 0) is 48.2 Å². The minimum absolute atomic E-state index is 0.231. The molecule has 0 amide bonds. The van der Waals surface area contributed by atoms with Crippen LogP contribution in [-0.4, -0.2) is 22.1 Å². The minimum atomic E-state index is -3.62. The van der Waals surface area contributed by atoms with Crippen molar-refractivity contribution in [3.8, 4) is 5.75 Å². The summed E-state index contributed by atoms with van der Waals surface area (Å²) in [6.07, 6.45) is 0.469. The van der Waals surface area contributed by atoms with Gasteiger partial charge >= 0.3 is 0 Å². The quantitative estimate of drug-likeness (QED) is 0.855. The van der Waals surface area contributed by atoms with Gasteiger partial charge in [0.1, 0.15) is 5.75 Å². The molecule has 5 nitrogen and oxygen atoms in total. The normalized spacial score (nSPS) is 11.3. The summed E-state index contributed by atoms with van der Waals surface area (Å²) in [6, 6.07) is 6.59. The Labute approximate surface area is 122 Å². The van der Waals surface area contributed by atoms with Crippen LogP contribution in [0.2, 0.25) is 0 Å². The van der Waals surface area contributed by atoms with Crippen molar-refractivity contribution >= 4 is 27.0 Å². The Morgan fingerprint density at radius 1 is 1.35 bits per heavy atom. The first-order valence-electron chi connectivity index (χ1n) is 5.99. The molecule has 108 valence electrons. The van der Waals surface area contributed by atoms with E-state index in [9.17, 15) is 8.42 Å². The number of ether oxygens (including phenoxy) is 1. The largest absolute Gasteiger partial charge is 0.497 e. The maximum Gasteiger partial charge on any atom is 0.262 e. The molecule has 20 heavy (non-hydrogen) atoms. The van der Waals surface area contributed by atoms with E-state index in [1.54, 1.807) is 36.8 Å². The molecule has 0 saturated heterocycles. The van der Waals surface area contributed by atoms with Crippen LogP contribution >= 0.6 is 11.3 Å². The Morgan fingerprint density at radius 3 is 2.75 bits per heavy atom. The SMILES string of the molecule is COc1ccc(S(=O)(=O)Nc2ccsc2)c(CCN)c1. The van der Waals surface area contributed by atoms with Crippen LogP contribution in [0, 0.1) is 0 Å². The summed E-state index contributed by atoms with van der Waals surface area (Å²) < 4.78 is 32.5. The van der Waals surface area contributed by atoms with Crippen LogP contribution in [-0.2, 0) is 16.4 Å². The number of sulfonamides is 1. The zero-order valence-electron chi connectivity index (χ0n) is 11.0. The van der Waals surface area contributed by atoms with E-state index in [4.69, 9.17) is 10.5 Å². The average Bonchev–Trinajstić information content (AvgIpc) is 2.91. The molecular formula is C13H16N2O3S2. The van der Waals surface area contributed by atoms with Crippen molar-refractivity contribution < 1.29 is 13.2 Å². The van der Waals surface area contributed by atoms with E-state index in [-0.39, 0.29) is 4.90 Å². The minimum Gasteiger partial charge on any atom is -0.497 e. The highest BCUT2D eigenvalue weighted by atomic mass is 32.2. The zero-order valence-corrected chi connectivity index (χ0v) is 12.6. The molecule has 0 fully saturated rings. The second-order valence-corrected chi connectivity index (χ2v) is 6.56. The number of anilines is 1. The summed E-state index contributed by atoms with van der Waals surface area (Å²) >= 11 is 1.43. The smallest absolute Gasteiger partial charge is 0.262 e. The average molecular weight is 312 g/mol. The van der Waals surface area contributed by atoms with Gasteiger partial charge in [0.25, 0.3) is 10.0 Å². The Kier molecular flexibility index (Phi) is 4.64. The van der Waals surface area contributed by atoms with Crippen LogP contribution < -0.4 is 15.2 Å². The highest BCUT2D eigenvalue weighted by Crippen LogP contribution is 2.25. The molecule has 1 aromatic carbocycles. The van der Waals surface area contributed by atoms with Gasteiger partial charge in [-0.3, -0.25) is 4.72 Å². The standard InChI is InChI=1S/C13H16N2O3S2/c1-18-12-2-3-13(10(8-12)4-6-14)20(16,17)15-11-5-7-19-9-11/h2-3,5,7-9,15H,4,6,14H2,1H3. The molecule has 0 aliphatic rings. The van der Waals surface area contributed by atoms with Crippen molar-refractivity contribution in [1.82, 2.24) is 0 Å². The Hall–Kier alpha value is -1.57. The molecule has 2 aromatic rings. The van der Waals surface area contributed by atoms with Gasteiger partial charge < -0.3 is 10.5 Å². The summed E-state index contributed by atoms with van der Waals surface area (Å²) in [5.74, 6) is 0.614. The molecule has 2 rings (SSSR count). The number of methoxy groups -OCH3 is 1. The first kappa shape index (κ1) is 14.8. The summed E-state index contributed by atoms with van der Waals surface area (Å²) in [7, 11) is -2.07. The van der Waals surface area contributed by atoms with Gasteiger partial charge in [-0.1, -0.05) is 0 Å². The van der Waals surface area contributed by atoms with Gasteiger partial charge in [0, 0.05) is 5.38 Å². The van der Waals surface area contributed by atoms with Crippen molar-refractivity contribution in [2.45, 2.75) is 11.3 Å². The first-order valence-corrected chi connectivity index (χ1v) is 8.41. The third-order valence-electron chi connectivity index (χ3n) is 2.74. The van der Waals surface area contributed by atoms with Crippen LogP contribution in [0.15, 0.2) is 39.9 Å².